The number of carbonyl (C=O) groups is 1. The molecule has 12 heteroatoms. The molecule has 0 radical (unpaired) electrons. The van der Waals surface area contributed by atoms with Crippen LogP contribution in [-0.2, 0) is 0 Å². The van der Waals surface area contributed by atoms with Crippen molar-refractivity contribution in [2.45, 2.75) is 31.5 Å². The molecule has 0 aliphatic carbocycles. The van der Waals surface area contributed by atoms with E-state index in [1.807, 2.05) is 0 Å². The summed E-state index contributed by atoms with van der Waals surface area (Å²) in [6.07, 6.45) is -1.15. The average Bonchev–Trinajstić information content (AvgIpc) is 3.11. The van der Waals surface area contributed by atoms with Crippen molar-refractivity contribution in [3.05, 3.63) is 59.6 Å². The standard InChI is InChI=1S/C23H23F5N6O/c1-15-4-5-17(20-32-7-3-8-33-20)18(10-15)21(35)34-9-6-22(24,25)19(34)13-31-14-30-12-16(11-29-2)23(26,27)28/h3-5,7-8,10-12,19,31H,2,6,9,13-14H2,1H3/b16-11+,30-12-. The minimum atomic E-state index is -4.68. The predicted molar refractivity (Wildman–Crippen MR) is 122 cm³/mol. The van der Waals surface area contributed by atoms with Gasteiger partial charge in [-0.3, -0.25) is 20.1 Å². The highest BCUT2D eigenvalue weighted by Crippen LogP contribution is 2.36. The highest BCUT2D eigenvalue weighted by molar-refractivity contribution is 6.00. The van der Waals surface area contributed by atoms with Crippen LogP contribution in [-0.4, -0.2) is 71.6 Å². The maximum Gasteiger partial charge on any atom is 0.419 e. The van der Waals surface area contributed by atoms with Gasteiger partial charge in [-0.05, 0) is 25.8 Å². The summed E-state index contributed by atoms with van der Waals surface area (Å²) >= 11 is 0. The quantitative estimate of drug-likeness (QED) is 0.341. The average molecular weight is 494 g/mol. The van der Waals surface area contributed by atoms with Gasteiger partial charge in [0.15, 0.2) is 5.82 Å². The van der Waals surface area contributed by atoms with E-state index in [4.69, 9.17) is 0 Å². The van der Waals surface area contributed by atoms with Gasteiger partial charge >= 0.3 is 6.18 Å². The Hall–Kier alpha value is -3.54. The van der Waals surface area contributed by atoms with Crippen molar-refractivity contribution >= 4 is 18.8 Å². The predicted octanol–water partition coefficient (Wildman–Crippen LogP) is 4.07. The molecular weight excluding hydrogens is 471 g/mol. The van der Waals surface area contributed by atoms with E-state index < -0.39 is 36.0 Å². The number of hydrogen-bond acceptors (Lipinski definition) is 6. The Morgan fingerprint density at radius 2 is 2.03 bits per heavy atom. The Balaban J connectivity index is 1.77. The molecule has 1 aromatic carbocycles. The Bertz CT molecular complexity index is 1120. The van der Waals surface area contributed by atoms with Crippen LogP contribution in [0.25, 0.3) is 11.4 Å². The molecule has 1 unspecified atom stereocenters. The van der Waals surface area contributed by atoms with Crippen molar-refractivity contribution in [1.82, 2.24) is 20.2 Å². The number of aromatic nitrogens is 2. The summed E-state index contributed by atoms with van der Waals surface area (Å²) in [4.78, 5) is 29.4. The van der Waals surface area contributed by atoms with Gasteiger partial charge in [-0.15, -0.1) is 0 Å². The van der Waals surface area contributed by atoms with Gasteiger partial charge in [0, 0.05) is 49.9 Å². The molecule has 186 valence electrons. The van der Waals surface area contributed by atoms with Crippen molar-refractivity contribution in [1.29, 1.82) is 0 Å². The molecule has 0 bridgehead atoms. The molecule has 7 nitrogen and oxygen atoms in total. The molecule has 1 aliphatic rings. The number of benzene rings is 1. The first-order valence-electron chi connectivity index (χ1n) is 10.5. The van der Waals surface area contributed by atoms with E-state index in [1.54, 1.807) is 31.2 Å². The zero-order chi connectivity index (χ0) is 25.6. The summed E-state index contributed by atoms with van der Waals surface area (Å²) in [5.41, 5.74) is 0.224. The minimum Gasteiger partial charge on any atom is -0.328 e. The molecular formula is C23H23F5N6O. The second kappa shape index (κ2) is 10.8. The number of aryl methyl sites for hydroxylation is 1. The Morgan fingerprint density at radius 3 is 2.69 bits per heavy atom. The van der Waals surface area contributed by atoms with Crippen molar-refractivity contribution in [2.75, 3.05) is 19.8 Å². The van der Waals surface area contributed by atoms with E-state index in [-0.39, 0.29) is 31.1 Å². The van der Waals surface area contributed by atoms with Crippen molar-refractivity contribution in [2.24, 2.45) is 9.98 Å². The monoisotopic (exact) mass is 494 g/mol. The molecule has 2 heterocycles. The number of amides is 1. The normalized spacial score (nSPS) is 18.3. The first-order valence-corrected chi connectivity index (χ1v) is 10.5. The lowest BCUT2D eigenvalue weighted by Crippen LogP contribution is -2.48. The molecule has 1 atom stereocenters. The van der Waals surface area contributed by atoms with Gasteiger partial charge in [0.05, 0.1) is 17.8 Å². The lowest BCUT2D eigenvalue weighted by Gasteiger charge is -2.28. The van der Waals surface area contributed by atoms with E-state index >= 15 is 0 Å². The van der Waals surface area contributed by atoms with Gasteiger partial charge in [-0.2, -0.15) is 13.2 Å². The number of hydrogen-bond donors (Lipinski definition) is 1. The molecule has 0 spiro atoms. The number of nitrogens with zero attached hydrogens (tertiary/aromatic N) is 5. The molecule has 35 heavy (non-hydrogen) atoms. The number of carbonyl (C=O) groups excluding carboxylic acids is 1. The summed E-state index contributed by atoms with van der Waals surface area (Å²) in [5, 5.41) is 2.59. The Morgan fingerprint density at radius 1 is 1.31 bits per heavy atom. The highest BCUT2D eigenvalue weighted by atomic mass is 19.4. The van der Waals surface area contributed by atoms with E-state index in [2.05, 4.69) is 32.0 Å². The summed E-state index contributed by atoms with van der Waals surface area (Å²) in [5.74, 6) is -3.51. The van der Waals surface area contributed by atoms with E-state index in [1.165, 1.54) is 12.4 Å². The van der Waals surface area contributed by atoms with Gasteiger partial charge in [0.2, 0.25) is 0 Å². The van der Waals surface area contributed by atoms with Crippen LogP contribution in [0.1, 0.15) is 22.3 Å². The van der Waals surface area contributed by atoms with E-state index in [9.17, 15) is 26.7 Å². The highest BCUT2D eigenvalue weighted by Gasteiger charge is 2.50. The summed E-state index contributed by atoms with van der Waals surface area (Å²) in [6.45, 7) is 3.82. The van der Waals surface area contributed by atoms with Gasteiger partial charge in [-0.1, -0.05) is 17.7 Å². The van der Waals surface area contributed by atoms with Crippen LogP contribution in [0.3, 0.4) is 0 Å². The molecule has 3 rings (SSSR count). The SMILES string of the molecule is C=N/C=C(\C=N/CNCC1N(C(=O)c2cc(C)ccc2-c2ncccn2)CCC1(F)F)C(F)(F)F. The fourth-order valence-corrected chi connectivity index (χ4v) is 3.63. The molecule has 1 N–H and O–H groups in total. The maximum atomic E-state index is 14.7. The molecule has 1 saturated heterocycles. The summed E-state index contributed by atoms with van der Waals surface area (Å²) in [6, 6.07) is 5.13. The lowest BCUT2D eigenvalue weighted by molar-refractivity contribution is -0.0857. The van der Waals surface area contributed by atoms with Crippen LogP contribution in [0.2, 0.25) is 0 Å². The van der Waals surface area contributed by atoms with Gasteiger partial charge < -0.3 is 4.90 Å². The third-order valence-electron chi connectivity index (χ3n) is 5.35. The minimum absolute atomic E-state index is 0.184. The zero-order valence-corrected chi connectivity index (χ0v) is 18.8. The van der Waals surface area contributed by atoms with Crippen molar-refractivity contribution in [3.63, 3.8) is 0 Å². The van der Waals surface area contributed by atoms with Gasteiger partial charge in [0.25, 0.3) is 11.8 Å². The van der Waals surface area contributed by atoms with E-state index in [0.29, 0.717) is 18.0 Å². The van der Waals surface area contributed by atoms with Gasteiger partial charge in [0.1, 0.15) is 6.04 Å². The van der Waals surface area contributed by atoms with Crippen molar-refractivity contribution in [3.8, 4) is 11.4 Å². The number of nitrogens with one attached hydrogen (secondary N) is 1. The Kier molecular flexibility index (Phi) is 8.05. The third kappa shape index (κ3) is 6.32. The summed E-state index contributed by atoms with van der Waals surface area (Å²) in [7, 11) is 0. The summed E-state index contributed by atoms with van der Waals surface area (Å²) < 4.78 is 67.8. The van der Waals surface area contributed by atoms with Gasteiger partial charge in [-0.25, -0.2) is 18.7 Å². The van der Waals surface area contributed by atoms with Crippen LogP contribution < -0.4 is 5.32 Å². The van der Waals surface area contributed by atoms with Crippen LogP contribution in [0, 0.1) is 6.92 Å². The van der Waals surface area contributed by atoms with E-state index in [0.717, 1.165) is 10.5 Å². The molecule has 2 aromatic rings. The first kappa shape index (κ1) is 26.1. The topological polar surface area (TPSA) is 82.8 Å². The Labute approximate surface area is 198 Å². The number of aliphatic imine (C=N–C) groups is 2. The second-order valence-corrected chi connectivity index (χ2v) is 7.84. The fraction of sp³-hybridized carbons (Fsp3) is 0.348. The molecule has 1 amide bonds. The lowest BCUT2D eigenvalue weighted by atomic mass is 10.0. The number of halogens is 5. The fourth-order valence-electron chi connectivity index (χ4n) is 3.63. The number of rotatable bonds is 8. The van der Waals surface area contributed by atoms with Crippen LogP contribution in [0.5, 0.6) is 0 Å². The second-order valence-electron chi connectivity index (χ2n) is 7.84. The number of likely N-dealkylation sites (tertiary alicyclic amines) is 1. The maximum absolute atomic E-state index is 14.7. The molecule has 1 fully saturated rings. The zero-order valence-electron chi connectivity index (χ0n) is 18.8. The number of alkyl halides is 5. The van der Waals surface area contributed by atoms with Crippen LogP contribution >= 0.6 is 0 Å². The molecule has 1 aromatic heterocycles. The van der Waals surface area contributed by atoms with Crippen molar-refractivity contribution < 1.29 is 26.7 Å². The largest absolute Gasteiger partial charge is 0.419 e. The first-order chi connectivity index (χ1) is 16.5. The smallest absolute Gasteiger partial charge is 0.328 e. The number of allylic oxidation sites excluding steroid dienone is 1. The molecule has 1 aliphatic heterocycles. The molecule has 0 saturated carbocycles. The van der Waals surface area contributed by atoms with Crippen LogP contribution in [0.15, 0.2) is 58.4 Å². The van der Waals surface area contributed by atoms with Crippen LogP contribution in [0.4, 0.5) is 22.0 Å². The third-order valence-corrected chi connectivity index (χ3v) is 5.35.